The lowest BCUT2D eigenvalue weighted by Gasteiger charge is -2.09. The monoisotopic (exact) mass is 409 g/mol. The molecule has 1 aromatic heterocycles. The predicted molar refractivity (Wildman–Crippen MR) is 103 cm³/mol. The molecule has 134 valence electrons. The maximum atomic E-state index is 12.4. The second kappa shape index (κ2) is 7.99. The summed E-state index contributed by atoms with van der Waals surface area (Å²) in [7, 11) is 0. The van der Waals surface area contributed by atoms with Gasteiger partial charge in [-0.1, -0.05) is 46.9 Å². The second-order valence-electron chi connectivity index (χ2n) is 5.48. The molecular formula is C18H14Cl3N3O2. The fourth-order valence-electron chi connectivity index (χ4n) is 2.22. The number of ether oxygens (including phenoxy) is 1. The molecule has 0 fully saturated rings. The lowest BCUT2D eigenvalue weighted by molar-refractivity contribution is 0.102. The van der Waals surface area contributed by atoms with Gasteiger partial charge in [-0.3, -0.25) is 4.79 Å². The number of nitrogens with one attached hydrogen (secondary N) is 1. The third kappa shape index (κ3) is 4.30. The Kier molecular flexibility index (Phi) is 5.71. The van der Waals surface area contributed by atoms with Crippen LogP contribution in [0.5, 0.6) is 5.75 Å². The highest BCUT2D eigenvalue weighted by Gasteiger charge is 2.12. The molecule has 0 atom stereocenters. The second-order valence-corrected chi connectivity index (χ2v) is 6.73. The van der Waals surface area contributed by atoms with Crippen LogP contribution in [0.25, 0.3) is 0 Å². The number of aryl methyl sites for hydroxylation is 1. The lowest BCUT2D eigenvalue weighted by atomic mass is 10.2. The van der Waals surface area contributed by atoms with Crippen LogP contribution in [0.2, 0.25) is 15.1 Å². The molecule has 0 radical (unpaired) electrons. The molecule has 1 heterocycles. The van der Waals surface area contributed by atoms with Crippen molar-refractivity contribution in [3.63, 3.8) is 0 Å². The number of amides is 1. The molecule has 0 bridgehead atoms. The number of hydrogen-bond acceptors (Lipinski definition) is 3. The standard InChI is InChI=1S/C18H14Cl3N3O2/c1-11-5-6-12(19)9-16(11)22-18(25)15-7-8-24(23-15)10-26-17-13(20)3-2-4-14(17)21/h2-9H,10H2,1H3,(H,22,25). The number of carbonyl (C=O) groups is 1. The van der Waals surface area contributed by atoms with E-state index in [1.54, 1.807) is 42.6 Å². The third-order valence-corrected chi connectivity index (χ3v) is 4.41. The molecule has 0 saturated heterocycles. The summed E-state index contributed by atoms with van der Waals surface area (Å²) in [6.07, 6.45) is 1.63. The molecular weight excluding hydrogens is 397 g/mol. The Morgan fingerprint density at radius 1 is 1.15 bits per heavy atom. The topological polar surface area (TPSA) is 56.2 Å². The van der Waals surface area contributed by atoms with E-state index in [1.807, 2.05) is 13.0 Å². The van der Waals surface area contributed by atoms with E-state index in [0.717, 1.165) is 5.56 Å². The number of hydrogen-bond donors (Lipinski definition) is 1. The molecule has 0 spiro atoms. The van der Waals surface area contributed by atoms with Gasteiger partial charge in [0.05, 0.1) is 10.0 Å². The van der Waals surface area contributed by atoms with E-state index in [-0.39, 0.29) is 18.3 Å². The first-order valence-corrected chi connectivity index (χ1v) is 8.75. The summed E-state index contributed by atoms with van der Waals surface area (Å²) in [5.41, 5.74) is 1.79. The summed E-state index contributed by atoms with van der Waals surface area (Å²) in [6.45, 7) is 1.94. The van der Waals surface area contributed by atoms with Crippen LogP contribution >= 0.6 is 34.8 Å². The van der Waals surface area contributed by atoms with Gasteiger partial charge in [0.1, 0.15) is 0 Å². The first-order chi connectivity index (χ1) is 12.4. The van der Waals surface area contributed by atoms with E-state index in [4.69, 9.17) is 39.5 Å². The van der Waals surface area contributed by atoms with Crippen molar-refractivity contribution in [2.24, 2.45) is 0 Å². The fourth-order valence-corrected chi connectivity index (χ4v) is 2.90. The molecule has 1 N–H and O–H groups in total. The van der Waals surface area contributed by atoms with Gasteiger partial charge in [-0.05, 0) is 42.8 Å². The predicted octanol–water partition coefficient (Wildman–Crippen LogP) is 5.44. The van der Waals surface area contributed by atoms with Crippen molar-refractivity contribution in [3.8, 4) is 5.75 Å². The number of para-hydroxylation sites is 1. The molecule has 0 aliphatic rings. The van der Waals surface area contributed by atoms with E-state index in [1.165, 1.54) is 4.68 Å². The SMILES string of the molecule is Cc1ccc(Cl)cc1NC(=O)c1ccn(COc2c(Cl)cccc2Cl)n1. The van der Waals surface area contributed by atoms with Crippen LogP contribution in [0, 0.1) is 6.92 Å². The summed E-state index contributed by atoms with van der Waals surface area (Å²) < 4.78 is 7.06. The molecule has 0 unspecified atom stereocenters. The molecule has 1 amide bonds. The van der Waals surface area contributed by atoms with Crippen LogP contribution in [-0.2, 0) is 6.73 Å². The Bertz CT molecular complexity index is 936. The van der Waals surface area contributed by atoms with Crippen molar-refractivity contribution >= 4 is 46.4 Å². The highest BCUT2D eigenvalue weighted by atomic mass is 35.5. The maximum Gasteiger partial charge on any atom is 0.276 e. The van der Waals surface area contributed by atoms with Crippen LogP contribution < -0.4 is 10.1 Å². The number of carbonyl (C=O) groups excluding carboxylic acids is 1. The van der Waals surface area contributed by atoms with Crippen molar-refractivity contribution in [1.29, 1.82) is 0 Å². The van der Waals surface area contributed by atoms with Crippen molar-refractivity contribution < 1.29 is 9.53 Å². The van der Waals surface area contributed by atoms with Gasteiger partial charge in [0.25, 0.3) is 5.91 Å². The average molecular weight is 411 g/mol. The third-order valence-electron chi connectivity index (χ3n) is 3.58. The molecule has 26 heavy (non-hydrogen) atoms. The van der Waals surface area contributed by atoms with Gasteiger partial charge in [-0.25, -0.2) is 4.68 Å². The zero-order chi connectivity index (χ0) is 18.7. The maximum absolute atomic E-state index is 12.4. The summed E-state index contributed by atoms with van der Waals surface area (Å²) >= 11 is 18.1. The molecule has 0 aliphatic heterocycles. The van der Waals surface area contributed by atoms with Crippen LogP contribution in [0.4, 0.5) is 5.69 Å². The normalized spacial score (nSPS) is 10.6. The van der Waals surface area contributed by atoms with E-state index in [9.17, 15) is 4.79 Å². The van der Waals surface area contributed by atoms with Crippen LogP contribution in [0.1, 0.15) is 16.1 Å². The average Bonchev–Trinajstić information content (AvgIpc) is 3.07. The van der Waals surface area contributed by atoms with Gasteiger partial charge in [0.15, 0.2) is 18.2 Å². The number of halogens is 3. The smallest absolute Gasteiger partial charge is 0.276 e. The van der Waals surface area contributed by atoms with E-state index in [0.29, 0.717) is 26.5 Å². The van der Waals surface area contributed by atoms with Gasteiger partial charge >= 0.3 is 0 Å². The molecule has 8 heteroatoms. The highest BCUT2D eigenvalue weighted by Crippen LogP contribution is 2.32. The molecule has 0 aliphatic carbocycles. The van der Waals surface area contributed by atoms with E-state index >= 15 is 0 Å². The fraction of sp³-hybridized carbons (Fsp3) is 0.111. The van der Waals surface area contributed by atoms with Gasteiger partial charge in [-0.2, -0.15) is 5.10 Å². The first kappa shape index (κ1) is 18.6. The highest BCUT2D eigenvalue weighted by molar-refractivity contribution is 6.37. The zero-order valence-corrected chi connectivity index (χ0v) is 15.9. The van der Waals surface area contributed by atoms with Crippen LogP contribution in [0.3, 0.4) is 0 Å². The Labute approximate surface area is 165 Å². The van der Waals surface area contributed by atoms with Crippen molar-refractivity contribution in [2.45, 2.75) is 13.7 Å². The lowest BCUT2D eigenvalue weighted by Crippen LogP contribution is -2.15. The summed E-state index contributed by atoms with van der Waals surface area (Å²) in [5, 5.41) is 8.33. The van der Waals surface area contributed by atoms with Gasteiger partial charge in [0, 0.05) is 16.9 Å². The minimum atomic E-state index is -0.343. The summed E-state index contributed by atoms with van der Waals surface area (Å²) in [4.78, 5) is 12.4. The summed E-state index contributed by atoms with van der Waals surface area (Å²) in [5.74, 6) is 0.0248. The Morgan fingerprint density at radius 2 is 1.88 bits per heavy atom. The Hall–Kier alpha value is -2.21. The van der Waals surface area contributed by atoms with Crippen molar-refractivity contribution in [1.82, 2.24) is 9.78 Å². The van der Waals surface area contributed by atoms with Gasteiger partial charge in [-0.15, -0.1) is 0 Å². The van der Waals surface area contributed by atoms with Crippen LogP contribution in [0.15, 0.2) is 48.7 Å². The van der Waals surface area contributed by atoms with Gasteiger partial charge in [0.2, 0.25) is 0 Å². The molecule has 2 aromatic carbocycles. The minimum absolute atomic E-state index is 0.0624. The number of aromatic nitrogens is 2. The molecule has 3 aromatic rings. The minimum Gasteiger partial charge on any atom is -0.468 e. The van der Waals surface area contributed by atoms with E-state index < -0.39 is 0 Å². The number of anilines is 1. The number of rotatable bonds is 5. The Morgan fingerprint density at radius 3 is 2.62 bits per heavy atom. The molecule has 3 rings (SSSR count). The largest absolute Gasteiger partial charge is 0.468 e. The first-order valence-electron chi connectivity index (χ1n) is 7.62. The van der Waals surface area contributed by atoms with Crippen LogP contribution in [-0.4, -0.2) is 15.7 Å². The summed E-state index contributed by atoms with van der Waals surface area (Å²) in [6, 6.07) is 12.0. The molecule has 5 nitrogen and oxygen atoms in total. The van der Waals surface area contributed by atoms with Crippen molar-refractivity contribution in [2.75, 3.05) is 5.32 Å². The number of nitrogens with zero attached hydrogens (tertiary/aromatic N) is 2. The van der Waals surface area contributed by atoms with E-state index in [2.05, 4.69) is 10.4 Å². The van der Waals surface area contributed by atoms with Crippen molar-refractivity contribution in [3.05, 3.63) is 75.0 Å². The quantitative estimate of drug-likeness (QED) is 0.609. The number of benzene rings is 2. The Balaban J connectivity index is 1.67. The molecule has 0 saturated carbocycles. The zero-order valence-electron chi connectivity index (χ0n) is 13.7. The van der Waals surface area contributed by atoms with Gasteiger partial charge < -0.3 is 10.1 Å².